The van der Waals surface area contributed by atoms with Crippen molar-refractivity contribution in [1.82, 2.24) is 10.6 Å². The zero-order valence-corrected chi connectivity index (χ0v) is 14.3. The highest BCUT2D eigenvalue weighted by molar-refractivity contribution is 7.81. The molecule has 0 aliphatic heterocycles. The summed E-state index contributed by atoms with van der Waals surface area (Å²) in [7, 11) is 0. The molecule has 20 heavy (non-hydrogen) atoms. The van der Waals surface area contributed by atoms with E-state index in [0.717, 1.165) is 19.3 Å². The lowest BCUT2D eigenvalue weighted by molar-refractivity contribution is -0.131. The van der Waals surface area contributed by atoms with Gasteiger partial charge in [-0.25, -0.2) is 0 Å². The third-order valence-corrected chi connectivity index (χ3v) is 3.59. The van der Waals surface area contributed by atoms with E-state index < -0.39 is 6.04 Å². The maximum Gasteiger partial charge on any atom is 0.242 e. The van der Waals surface area contributed by atoms with Crippen LogP contribution in [0.25, 0.3) is 0 Å². The molecular formula is C15H30N2O2S. The molecule has 2 unspecified atom stereocenters. The molecule has 0 bridgehead atoms. The second kappa shape index (κ2) is 10.1. The van der Waals surface area contributed by atoms with Gasteiger partial charge in [0.1, 0.15) is 6.04 Å². The summed E-state index contributed by atoms with van der Waals surface area (Å²) in [6.07, 6.45) is 2.77. The zero-order valence-electron chi connectivity index (χ0n) is 13.4. The molecule has 0 aliphatic carbocycles. The molecule has 0 saturated heterocycles. The van der Waals surface area contributed by atoms with Crippen molar-refractivity contribution < 1.29 is 9.59 Å². The molecule has 0 aliphatic rings. The van der Waals surface area contributed by atoms with Gasteiger partial charge in [0.15, 0.2) is 0 Å². The lowest BCUT2D eigenvalue weighted by atomic mass is 9.93. The summed E-state index contributed by atoms with van der Waals surface area (Å²) in [5.41, 5.74) is 0. The number of nitrogens with one attached hydrogen (secondary N) is 2. The van der Waals surface area contributed by atoms with Gasteiger partial charge < -0.3 is 10.6 Å². The number of unbranched alkanes of at least 4 members (excludes halogenated alkanes) is 1. The van der Waals surface area contributed by atoms with Gasteiger partial charge in [-0.1, -0.05) is 34.1 Å². The summed E-state index contributed by atoms with van der Waals surface area (Å²) >= 11 is 4.39. The first kappa shape index (κ1) is 19.3. The number of rotatable bonds is 9. The van der Waals surface area contributed by atoms with Crippen LogP contribution >= 0.6 is 12.6 Å². The first-order chi connectivity index (χ1) is 9.29. The molecular weight excluding hydrogens is 272 g/mol. The van der Waals surface area contributed by atoms with Gasteiger partial charge >= 0.3 is 0 Å². The number of hydrogen-bond acceptors (Lipinski definition) is 3. The van der Waals surface area contributed by atoms with Crippen molar-refractivity contribution in [2.24, 2.45) is 11.8 Å². The predicted molar refractivity (Wildman–Crippen MR) is 86.9 cm³/mol. The number of thiol groups is 1. The third kappa shape index (κ3) is 7.78. The molecule has 0 fully saturated rings. The monoisotopic (exact) mass is 302 g/mol. The van der Waals surface area contributed by atoms with Gasteiger partial charge in [0.25, 0.3) is 0 Å². The molecule has 0 spiro atoms. The van der Waals surface area contributed by atoms with E-state index in [-0.39, 0.29) is 23.0 Å². The summed E-state index contributed by atoms with van der Waals surface area (Å²) < 4.78 is 0. The van der Waals surface area contributed by atoms with E-state index >= 15 is 0 Å². The van der Waals surface area contributed by atoms with Crippen molar-refractivity contribution in [3.63, 3.8) is 0 Å². The van der Waals surface area contributed by atoms with Gasteiger partial charge in [0, 0.05) is 17.7 Å². The van der Waals surface area contributed by atoms with E-state index in [2.05, 4.69) is 44.0 Å². The largest absolute Gasteiger partial charge is 0.354 e. The second-order valence-corrected chi connectivity index (χ2v) is 6.67. The van der Waals surface area contributed by atoms with Crippen LogP contribution in [-0.4, -0.2) is 29.7 Å². The Labute approximate surface area is 128 Å². The minimum absolute atomic E-state index is 0.0206. The molecule has 118 valence electrons. The molecule has 0 aromatic rings. The van der Waals surface area contributed by atoms with E-state index in [1.807, 2.05) is 6.92 Å². The van der Waals surface area contributed by atoms with E-state index in [1.54, 1.807) is 6.92 Å². The smallest absolute Gasteiger partial charge is 0.242 e. The van der Waals surface area contributed by atoms with E-state index in [9.17, 15) is 9.59 Å². The van der Waals surface area contributed by atoms with E-state index in [1.165, 1.54) is 0 Å². The first-order valence-electron chi connectivity index (χ1n) is 7.55. The van der Waals surface area contributed by atoms with Gasteiger partial charge in [-0.15, -0.1) is 0 Å². The van der Waals surface area contributed by atoms with Crippen molar-refractivity contribution >= 4 is 24.4 Å². The lowest BCUT2D eigenvalue weighted by Gasteiger charge is -2.23. The van der Waals surface area contributed by atoms with Crippen molar-refractivity contribution in [2.75, 3.05) is 6.54 Å². The number of amides is 2. The van der Waals surface area contributed by atoms with Crippen LogP contribution in [0.3, 0.4) is 0 Å². The Morgan fingerprint density at radius 3 is 2.15 bits per heavy atom. The lowest BCUT2D eigenvalue weighted by Crippen LogP contribution is -2.48. The standard InChI is InChI=1S/C15H30N2O2S/c1-6-7-8-16-14(18)11(4)17-15(19)13(12(5)20)9-10(2)3/h10-13,20H,6-9H2,1-5H3,(H,16,18)(H,17,19)/t11-,12?,13?/m0/s1. The fourth-order valence-electron chi connectivity index (χ4n) is 1.96. The van der Waals surface area contributed by atoms with Gasteiger partial charge in [0.2, 0.25) is 11.8 Å². The summed E-state index contributed by atoms with van der Waals surface area (Å²) in [4.78, 5) is 24.0. The average molecular weight is 302 g/mol. The fourth-order valence-corrected chi connectivity index (χ4v) is 2.22. The molecule has 0 heterocycles. The maximum absolute atomic E-state index is 12.2. The Hall–Kier alpha value is -0.710. The molecule has 0 saturated carbocycles. The Balaban J connectivity index is 4.36. The Morgan fingerprint density at radius 1 is 1.10 bits per heavy atom. The van der Waals surface area contributed by atoms with E-state index in [0.29, 0.717) is 12.5 Å². The van der Waals surface area contributed by atoms with Crippen LogP contribution in [0.5, 0.6) is 0 Å². The number of carbonyl (C=O) groups excluding carboxylic acids is 2. The highest BCUT2D eigenvalue weighted by Gasteiger charge is 2.26. The number of carbonyl (C=O) groups is 2. The van der Waals surface area contributed by atoms with Crippen molar-refractivity contribution in [1.29, 1.82) is 0 Å². The number of hydrogen-bond donors (Lipinski definition) is 3. The quantitative estimate of drug-likeness (QED) is 0.452. The Kier molecular flexibility index (Phi) is 9.72. The minimum atomic E-state index is -0.499. The van der Waals surface area contributed by atoms with Crippen molar-refractivity contribution in [2.45, 2.75) is 65.2 Å². The molecule has 2 N–H and O–H groups in total. The Bertz CT molecular complexity index is 306. The van der Waals surface area contributed by atoms with Crippen molar-refractivity contribution in [3.8, 4) is 0 Å². The molecule has 4 nitrogen and oxygen atoms in total. The van der Waals surface area contributed by atoms with Gasteiger partial charge in [-0.2, -0.15) is 12.6 Å². The third-order valence-electron chi connectivity index (χ3n) is 3.23. The predicted octanol–water partition coefficient (Wildman–Crippen LogP) is 2.39. The van der Waals surface area contributed by atoms with Crippen LogP contribution in [0.2, 0.25) is 0 Å². The average Bonchev–Trinajstić information content (AvgIpc) is 2.35. The Morgan fingerprint density at radius 2 is 1.70 bits per heavy atom. The summed E-state index contributed by atoms with van der Waals surface area (Å²) in [5, 5.41) is 5.60. The minimum Gasteiger partial charge on any atom is -0.354 e. The van der Waals surface area contributed by atoms with Crippen LogP contribution in [0.1, 0.15) is 53.9 Å². The van der Waals surface area contributed by atoms with Gasteiger partial charge in [0.05, 0.1) is 0 Å². The van der Waals surface area contributed by atoms with Crippen LogP contribution in [-0.2, 0) is 9.59 Å². The van der Waals surface area contributed by atoms with E-state index in [4.69, 9.17) is 0 Å². The van der Waals surface area contributed by atoms with Gasteiger partial charge in [-0.05, 0) is 25.7 Å². The maximum atomic E-state index is 12.2. The molecule has 0 radical (unpaired) electrons. The fraction of sp³-hybridized carbons (Fsp3) is 0.867. The highest BCUT2D eigenvalue weighted by Crippen LogP contribution is 2.19. The molecule has 0 aromatic heterocycles. The highest BCUT2D eigenvalue weighted by atomic mass is 32.1. The molecule has 2 amide bonds. The topological polar surface area (TPSA) is 58.2 Å². The summed E-state index contributed by atoms with van der Waals surface area (Å²) in [6.45, 7) is 10.5. The molecule has 0 rings (SSSR count). The second-order valence-electron chi connectivity index (χ2n) is 5.85. The van der Waals surface area contributed by atoms with Crippen LogP contribution in [0, 0.1) is 11.8 Å². The molecule has 0 aromatic carbocycles. The van der Waals surface area contributed by atoms with Gasteiger partial charge in [-0.3, -0.25) is 9.59 Å². The SMILES string of the molecule is CCCCNC(=O)[C@H](C)NC(=O)C(CC(C)C)C(C)S. The van der Waals surface area contributed by atoms with Crippen molar-refractivity contribution in [3.05, 3.63) is 0 Å². The summed E-state index contributed by atoms with van der Waals surface area (Å²) in [5.74, 6) is 0.0551. The zero-order chi connectivity index (χ0) is 15.7. The van der Waals surface area contributed by atoms with Crippen LogP contribution in [0.4, 0.5) is 0 Å². The van der Waals surface area contributed by atoms with Crippen LogP contribution in [0.15, 0.2) is 0 Å². The normalized spacial score (nSPS) is 15.6. The first-order valence-corrected chi connectivity index (χ1v) is 8.07. The summed E-state index contributed by atoms with van der Waals surface area (Å²) in [6, 6.07) is -0.499. The van der Waals surface area contributed by atoms with Crippen LogP contribution < -0.4 is 10.6 Å². The molecule has 5 heteroatoms. The molecule has 3 atom stereocenters.